The molecule has 17 heavy (non-hydrogen) atoms. The first-order chi connectivity index (χ1) is 8.22. The highest BCUT2D eigenvalue weighted by atomic mass is 79.9. The van der Waals surface area contributed by atoms with E-state index in [4.69, 9.17) is 16.3 Å². The molecule has 0 saturated heterocycles. The fraction of sp³-hybridized carbons (Fsp3) is 0.417. The minimum absolute atomic E-state index is 0.0376. The molecular weight excluding hydrogens is 305 g/mol. The Hall–Kier alpha value is -0.740. The van der Waals surface area contributed by atoms with E-state index in [-0.39, 0.29) is 12.5 Å². The molecule has 0 fully saturated rings. The van der Waals surface area contributed by atoms with Gasteiger partial charge in [0.2, 0.25) is 0 Å². The maximum atomic E-state index is 11.4. The van der Waals surface area contributed by atoms with Gasteiger partial charge in [-0.1, -0.05) is 27.5 Å². The molecule has 1 amide bonds. The molecule has 1 N–H and O–H groups in total. The van der Waals surface area contributed by atoms with Crippen molar-refractivity contribution in [3.8, 4) is 5.75 Å². The average Bonchev–Trinajstić information content (AvgIpc) is 2.34. The second kappa shape index (κ2) is 8.37. The van der Waals surface area contributed by atoms with Gasteiger partial charge in [0.15, 0.2) is 6.61 Å². The highest BCUT2D eigenvalue weighted by molar-refractivity contribution is 9.09. The lowest BCUT2D eigenvalue weighted by Gasteiger charge is -2.07. The third-order valence-corrected chi connectivity index (χ3v) is 2.88. The van der Waals surface area contributed by atoms with E-state index < -0.39 is 0 Å². The van der Waals surface area contributed by atoms with Crippen molar-refractivity contribution in [3.05, 3.63) is 29.3 Å². The summed E-state index contributed by atoms with van der Waals surface area (Å²) in [6.45, 7) is 0.727. The molecule has 0 spiro atoms. The summed E-state index contributed by atoms with van der Waals surface area (Å²) in [5, 5.41) is 4.40. The Bertz CT molecular complexity index is 343. The summed E-state index contributed by atoms with van der Waals surface area (Å²) in [4.78, 5) is 11.4. The van der Waals surface area contributed by atoms with Gasteiger partial charge in [0.1, 0.15) is 5.75 Å². The van der Waals surface area contributed by atoms with Crippen LogP contribution in [-0.2, 0) is 4.79 Å². The van der Waals surface area contributed by atoms with Crippen molar-refractivity contribution in [1.29, 1.82) is 0 Å². The van der Waals surface area contributed by atoms with Gasteiger partial charge in [-0.3, -0.25) is 4.79 Å². The lowest BCUT2D eigenvalue weighted by molar-refractivity contribution is -0.123. The Morgan fingerprint density at radius 1 is 1.29 bits per heavy atom. The topological polar surface area (TPSA) is 38.3 Å². The predicted molar refractivity (Wildman–Crippen MR) is 73.0 cm³/mol. The van der Waals surface area contributed by atoms with E-state index in [1.807, 2.05) is 0 Å². The number of rotatable bonds is 7. The Balaban J connectivity index is 2.17. The van der Waals surface area contributed by atoms with Crippen molar-refractivity contribution in [2.75, 3.05) is 18.5 Å². The Labute approximate surface area is 115 Å². The number of amides is 1. The molecule has 0 atom stereocenters. The van der Waals surface area contributed by atoms with Crippen LogP contribution in [0.25, 0.3) is 0 Å². The van der Waals surface area contributed by atoms with Gasteiger partial charge < -0.3 is 10.1 Å². The maximum absolute atomic E-state index is 11.4. The van der Waals surface area contributed by atoms with E-state index >= 15 is 0 Å². The van der Waals surface area contributed by atoms with Crippen LogP contribution < -0.4 is 10.1 Å². The molecule has 0 unspecified atom stereocenters. The molecule has 0 aliphatic carbocycles. The summed E-state index contributed by atoms with van der Waals surface area (Å²) in [6, 6.07) is 6.93. The number of carbonyl (C=O) groups is 1. The maximum Gasteiger partial charge on any atom is 0.257 e. The predicted octanol–water partition coefficient (Wildman–Crippen LogP) is 3.01. The SMILES string of the molecule is O=C(COc1ccc(Cl)cc1)NCCCCBr. The highest BCUT2D eigenvalue weighted by Crippen LogP contribution is 2.15. The summed E-state index contributed by atoms with van der Waals surface area (Å²) in [7, 11) is 0. The highest BCUT2D eigenvalue weighted by Gasteiger charge is 2.01. The Morgan fingerprint density at radius 3 is 2.65 bits per heavy atom. The Morgan fingerprint density at radius 2 is 2.00 bits per heavy atom. The van der Waals surface area contributed by atoms with Crippen molar-refractivity contribution in [2.45, 2.75) is 12.8 Å². The van der Waals surface area contributed by atoms with Crippen LogP contribution in [0.15, 0.2) is 24.3 Å². The molecule has 1 aromatic rings. The lowest BCUT2D eigenvalue weighted by Crippen LogP contribution is -2.29. The van der Waals surface area contributed by atoms with E-state index in [0.717, 1.165) is 18.2 Å². The number of hydrogen-bond donors (Lipinski definition) is 1. The van der Waals surface area contributed by atoms with Crippen LogP contribution in [-0.4, -0.2) is 24.4 Å². The monoisotopic (exact) mass is 319 g/mol. The van der Waals surface area contributed by atoms with Crippen molar-refractivity contribution in [3.63, 3.8) is 0 Å². The average molecular weight is 321 g/mol. The fourth-order valence-corrected chi connectivity index (χ4v) is 1.70. The minimum Gasteiger partial charge on any atom is -0.484 e. The number of unbranched alkanes of at least 4 members (excludes halogenated alkanes) is 1. The van der Waals surface area contributed by atoms with E-state index in [2.05, 4.69) is 21.2 Å². The van der Waals surface area contributed by atoms with E-state index in [1.165, 1.54) is 0 Å². The third-order valence-electron chi connectivity index (χ3n) is 2.07. The normalized spacial score (nSPS) is 10.0. The first-order valence-corrected chi connectivity index (χ1v) is 6.93. The first kappa shape index (κ1) is 14.3. The molecule has 0 aliphatic rings. The third kappa shape index (κ3) is 6.54. The molecule has 1 aromatic carbocycles. The summed E-state index contributed by atoms with van der Waals surface area (Å²) in [6.07, 6.45) is 2.02. The number of hydrogen-bond acceptors (Lipinski definition) is 2. The van der Waals surface area contributed by atoms with Gasteiger partial charge in [-0.25, -0.2) is 0 Å². The first-order valence-electron chi connectivity index (χ1n) is 5.43. The Kier molecular flexibility index (Phi) is 7.05. The van der Waals surface area contributed by atoms with Gasteiger partial charge in [-0.15, -0.1) is 0 Å². The summed E-state index contributed by atoms with van der Waals surface area (Å²) < 4.78 is 5.30. The van der Waals surface area contributed by atoms with Crippen LogP contribution >= 0.6 is 27.5 Å². The van der Waals surface area contributed by atoms with Crippen LogP contribution in [0, 0.1) is 0 Å². The zero-order valence-electron chi connectivity index (χ0n) is 9.42. The van der Waals surface area contributed by atoms with E-state index in [1.54, 1.807) is 24.3 Å². The van der Waals surface area contributed by atoms with Crippen LogP contribution in [0.3, 0.4) is 0 Å². The molecule has 0 aromatic heterocycles. The van der Waals surface area contributed by atoms with Gasteiger partial charge in [0.25, 0.3) is 5.91 Å². The zero-order chi connectivity index (χ0) is 12.5. The van der Waals surface area contributed by atoms with Crippen molar-refractivity contribution in [2.24, 2.45) is 0 Å². The molecule has 94 valence electrons. The molecule has 0 saturated carbocycles. The molecule has 3 nitrogen and oxygen atoms in total. The van der Waals surface area contributed by atoms with Crippen molar-refractivity contribution >= 4 is 33.4 Å². The fourth-order valence-electron chi connectivity index (χ4n) is 1.18. The summed E-state index contributed by atoms with van der Waals surface area (Å²) in [5.74, 6) is 0.541. The number of nitrogens with one attached hydrogen (secondary N) is 1. The second-order valence-electron chi connectivity index (χ2n) is 3.49. The number of alkyl halides is 1. The zero-order valence-corrected chi connectivity index (χ0v) is 11.8. The smallest absolute Gasteiger partial charge is 0.257 e. The van der Waals surface area contributed by atoms with Crippen LogP contribution in [0.5, 0.6) is 5.75 Å². The van der Waals surface area contributed by atoms with Crippen molar-refractivity contribution < 1.29 is 9.53 Å². The summed E-state index contributed by atoms with van der Waals surface area (Å²) >= 11 is 9.07. The van der Waals surface area contributed by atoms with Gasteiger partial charge in [-0.2, -0.15) is 0 Å². The van der Waals surface area contributed by atoms with E-state index in [9.17, 15) is 4.79 Å². The van der Waals surface area contributed by atoms with Gasteiger partial charge in [0.05, 0.1) is 0 Å². The standard InChI is InChI=1S/C12H15BrClNO2/c13-7-1-2-8-15-12(16)9-17-11-5-3-10(14)4-6-11/h3-6H,1-2,7-9H2,(H,15,16). The van der Waals surface area contributed by atoms with Crippen LogP contribution in [0.2, 0.25) is 5.02 Å². The number of benzene rings is 1. The number of halogens is 2. The van der Waals surface area contributed by atoms with Gasteiger partial charge in [0, 0.05) is 16.9 Å². The van der Waals surface area contributed by atoms with Gasteiger partial charge >= 0.3 is 0 Å². The van der Waals surface area contributed by atoms with E-state index in [0.29, 0.717) is 17.3 Å². The lowest BCUT2D eigenvalue weighted by atomic mass is 10.3. The molecule has 0 heterocycles. The molecule has 0 aliphatic heterocycles. The number of ether oxygens (including phenoxy) is 1. The largest absolute Gasteiger partial charge is 0.484 e. The molecule has 0 bridgehead atoms. The molecular formula is C12H15BrClNO2. The minimum atomic E-state index is -0.102. The van der Waals surface area contributed by atoms with Crippen LogP contribution in [0.1, 0.15) is 12.8 Å². The van der Waals surface area contributed by atoms with Gasteiger partial charge in [-0.05, 0) is 37.1 Å². The second-order valence-corrected chi connectivity index (χ2v) is 4.72. The summed E-state index contributed by atoms with van der Waals surface area (Å²) in [5.41, 5.74) is 0. The van der Waals surface area contributed by atoms with Crippen molar-refractivity contribution in [1.82, 2.24) is 5.32 Å². The van der Waals surface area contributed by atoms with Crippen LogP contribution in [0.4, 0.5) is 0 Å². The molecule has 5 heteroatoms. The molecule has 0 radical (unpaired) electrons. The molecule has 1 rings (SSSR count). The number of carbonyl (C=O) groups excluding carboxylic acids is 1. The quantitative estimate of drug-likeness (QED) is 0.619.